The molecule has 0 saturated carbocycles. The Hall–Kier alpha value is -6.03. The van der Waals surface area contributed by atoms with Crippen LogP contribution in [0.2, 0.25) is 0 Å². The molecule has 7 aromatic carbocycles. The number of rotatable bonds is 4. The van der Waals surface area contributed by atoms with Crippen molar-refractivity contribution in [3.8, 4) is 39.3 Å². The standard InChI is InChI=1S/C45H28N2S/c1-3-14-29(15-4-1)38-27-32(28-39(46-38)30-16-5-2-6-17-30)31-18-13-19-33(26-31)47-40-24-11-9-22-36(40)42-34-20-7-8-21-35(34)43-37-23-10-12-25-41(37)48-45(43)44(42)47/h1-28H. The molecule has 0 fully saturated rings. The first-order valence-electron chi connectivity index (χ1n) is 16.3. The number of hydrogen-bond donors (Lipinski definition) is 0. The quantitative estimate of drug-likeness (QED) is 0.190. The summed E-state index contributed by atoms with van der Waals surface area (Å²) < 4.78 is 5.14. The first kappa shape index (κ1) is 27.1. The number of thiophene rings is 1. The summed E-state index contributed by atoms with van der Waals surface area (Å²) in [7, 11) is 0. The zero-order valence-electron chi connectivity index (χ0n) is 26.0. The molecular formula is C45H28N2S. The van der Waals surface area contributed by atoms with Gasteiger partial charge in [0, 0.05) is 43.1 Å². The first-order chi connectivity index (χ1) is 23.8. The number of benzene rings is 7. The summed E-state index contributed by atoms with van der Waals surface area (Å²) in [6, 6.07) is 61.1. The van der Waals surface area contributed by atoms with Gasteiger partial charge in [-0.25, -0.2) is 4.98 Å². The van der Waals surface area contributed by atoms with Gasteiger partial charge in [-0.1, -0.05) is 133 Å². The fourth-order valence-electron chi connectivity index (χ4n) is 7.43. The summed E-state index contributed by atoms with van der Waals surface area (Å²) in [5.74, 6) is 0. The summed E-state index contributed by atoms with van der Waals surface area (Å²) in [6.07, 6.45) is 0. The topological polar surface area (TPSA) is 17.8 Å². The molecule has 10 aromatic rings. The van der Waals surface area contributed by atoms with E-state index in [0.717, 1.165) is 39.3 Å². The predicted octanol–water partition coefficient (Wildman–Crippen LogP) is 12.7. The van der Waals surface area contributed by atoms with Gasteiger partial charge in [0.25, 0.3) is 0 Å². The molecule has 0 aliphatic rings. The highest BCUT2D eigenvalue weighted by atomic mass is 32.1. The van der Waals surface area contributed by atoms with Crippen molar-refractivity contribution in [1.29, 1.82) is 0 Å². The van der Waals surface area contributed by atoms with Gasteiger partial charge >= 0.3 is 0 Å². The Morgan fingerprint density at radius 3 is 1.69 bits per heavy atom. The van der Waals surface area contributed by atoms with Crippen LogP contribution < -0.4 is 0 Å². The van der Waals surface area contributed by atoms with Crippen molar-refractivity contribution in [3.05, 3.63) is 170 Å². The Balaban J connectivity index is 1.28. The number of pyridine rings is 1. The van der Waals surface area contributed by atoms with E-state index in [1.807, 2.05) is 11.3 Å². The average molecular weight is 629 g/mol. The van der Waals surface area contributed by atoms with Gasteiger partial charge in [-0.05, 0) is 58.3 Å². The molecule has 3 heterocycles. The summed E-state index contributed by atoms with van der Waals surface area (Å²) >= 11 is 1.90. The fraction of sp³-hybridized carbons (Fsp3) is 0. The summed E-state index contributed by atoms with van der Waals surface area (Å²) in [4.78, 5) is 5.13. The van der Waals surface area contributed by atoms with Gasteiger partial charge in [0.2, 0.25) is 0 Å². The maximum atomic E-state index is 5.13. The molecule has 0 aliphatic carbocycles. The minimum Gasteiger partial charge on any atom is -0.308 e. The van der Waals surface area contributed by atoms with Gasteiger partial charge in [-0.3, -0.25) is 0 Å². The lowest BCUT2D eigenvalue weighted by Gasteiger charge is -2.13. The molecule has 0 N–H and O–H groups in total. The average Bonchev–Trinajstić information content (AvgIpc) is 3.73. The lowest BCUT2D eigenvalue weighted by atomic mass is 9.99. The van der Waals surface area contributed by atoms with Crippen LogP contribution in [0, 0.1) is 0 Å². The minimum atomic E-state index is 0.965. The number of fused-ring (bicyclic) bond motifs is 10. The Labute approximate surface area is 281 Å². The Morgan fingerprint density at radius 1 is 0.417 bits per heavy atom. The number of hydrogen-bond acceptors (Lipinski definition) is 2. The van der Waals surface area contributed by atoms with Crippen LogP contribution in [0.5, 0.6) is 0 Å². The lowest BCUT2D eigenvalue weighted by Crippen LogP contribution is -1.95. The third kappa shape index (κ3) is 4.15. The Morgan fingerprint density at radius 2 is 0.979 bits per heavy atom. The van der Waals surface area contributed by atoms with E-state index in [1.54, 1.807) is 0 Å². The van der Waals surface area contributed by atoms with Crippen molar-refractivity contribution in [1.82, 2.24) is 9.55 Å². The fourth-order valence-corrected chi connectivity index (χ4v) is 8.69. The highest BCUT2D eigenvalue weighted by Gasteiger charge is 2.21. The van der Waals surface area contributed by atoms with E-state index in [2.05, 4.69) is 174 Å². The van der Waals surface area contributed by atoms with Gasteiger partial charge in [-0.15, -0.1) is 11.3 Å². The molecule has 0 aliphatic heterocycles. The van der Waals surface area contributed by atoms with Crippen LogP contribution in [0.25, 0.3) is 92.1 Å². The molecule has 0 radical (unpaired) electrons. The summed E-state index contributed by atoms with van der Waals surface area (Å²) in [5, 5.41) is 7.85. The summed E-state index contributed by atoms with van der Waals surface area (Å²) in [6.45, 7) is 0. The first-order valence-corrected chi connectivity index (χ1v) is 17.1. The second kappa shape index (κ2) is 10.8. The van der Waals surface area contributed by atoms with Crippen molar-refractivity contribution in [2.75, 3.05) is 0 Å². The van der Waals surface area contributed by atoms with Crippen LogP contribution in [-0.2, 0) is 0 Å². The third-order valence-corrected chi connectivity index (χ3v) is 10.7. The third-order valence-electron chi connectivity index (χ3n) is 9.55. The number of nitrogens with zero attached hydrogens (tertiary/aromatic N) is 2. The molecule has 3 heteroatoms. The van der Waals surface area contributed by atoms with Crippen molar-refractivity contribution in [2.45, 2.75) is 0 Å². The van der Waals surface area contributed by atoms with Crippen LogP contribution in [0.3, 0.4) is 0 Å². The van der Waals surface area contributed by atoms with Gasteiger partial charge in [0.1, 0.15) is 0 Å². The Kier molecular flexibility index (Phi) is 6.08. The van der Waals surface area contributed by atoms with E-state index in [-0.39, 0.29) is 0 Å². The van der Waals surface area contributed by atoms with E-state index in [0.29, 0.717) is 0 Å². The predicted molar refractivity (Wildman–Crippen MR) is 205 cm³/mol. The second-order valence-corrected chi connectivity index (χ2v) is 13.4. The highest BCUT2D eigenvalue weighted by molar-refractivity contribution is 7.27. The van der Waals surface area contributed by atoms with Crippen molar-refractivity contribution >= 4 is 64.1 Å². The van der Waals surface area contributed by atoms with Crippen molar-refractivity contribution in [3.63, 3.8) is 0 Å². The molecule has 0 spiro atoms. The minimum absolute atomic E-state index is 0.965. The van der Waals surface area contributed by atoms with Crippen LogP contribution in [-0.4, -0.2) is 9.55 Å². The molecule has 48 heavy (non-hydrogen) atoms. The van der Waals surface area contributed by atoms with Crippen LogP contribution in [0.4, 0.5) is 0 Å². The number of para-hydroxylation sites is 1. The normalized spacial score (nSPS) is 11.8. The van der Waals surface area contributed by atoms with Gasteiger partial charge in [-0.2, -0.15) is 0 Å². The van der Waals surface area contributed by atoms with E-state index >= 15 is 0 Å². The van der Waals surface area contributed by atoms with Gasteiger partial charge < -0.3 is 4.57 Å². The molecule has 3 aromatic heterocycles. The molecule has 0 atom stereocenters. The Bertz CT molecular complexity index is 2770. The molecule has 0 bridgehead atoms. The maximum absolute atomic E-state index is 5.13. The summed E-state index contributed by atoms with van der Waals surface area (Å²) in [5.41, 5.74) is 10.1. The highest BCUT2D eigenvalue weighted by Crippen LogP contribution is 2.48. The molecule has 224 valence electrons. The van der Waals surface area contributed by atoms with E-state index in [4.69, 9.17) is 4.98 Å². The monoisotopic (exact) mass is 628 g/mol. The molecule has 0 unspecified atom stereocenters. The largest absolute Gasteiger partial charge is 0.308 e. The van der Waals surface area contributed by atoms with Gasteiger partial charge in [0.15, 0.2) is 0 Å². The van der Waals surface area contributed by atoms with Crippen LogP contribution in [0.15, 0.2) is 170 Å². The molecule has 2 nitrogen and oxygen atoms in total. The molecular weight excluding hydrogens is 601 g/mol. The van der Waals surface area contributed by atoms with Crippen LogP contribution >= 0.6 is 11.3 Å². The van der Waals surface area contributed by atoms with E-state index < -0.39 is 0 Å². The molecule has 0 saturated heterocycles. The van der Waals surface area contributed by atoms with Gasteiger partial charge in [0.05, 0.1) is 27.1 Å². The second-order valence-electron chi connectivity index (χ2n) is 12.3. The maximum Gasteiger partial charge on any atom is 0.0726 e. The van der Waals surface area contributed by atoms with E-state index in [1.165, 1.54) is 52.8 Å². The smallest absolute Gasteiger partial charge is 0.0726 e. The van der Waals surface area contributed by atoms with Crippen molar-refractivity contribution in [2.24, 2.45) is 0 Å². The number of aromatic nitrogens is 2. The SMILES string of the molecule is c1ccc(-c2cc(-c3cccc(-n4c5ccccc5c5c6ccccc6c6c7ccccc7sc6c54)c3)cc(-c3ccccc3)n2)cc1. The zero-order chi connectivity index (χ0) is 31.6. The molecule has 10 rings (SSSR count). The zero-order valence-corrected chi connectivity index (χ0v) is 26.8. The molecule has 0 amide bonds. The van der Waals surface area contributed by atoms with Crippen molar-refractivity contribution < 1.29 is 0 Å². The van der Waals surface area contributed by atoms with Crippen LogP contribution in [0.1, 0.15) is 0 Å². The van der Waals surface area contributed by atoms with E-state index in [9.17, 15) is 0 Å². The lowest BCUT2D eigenvalue weighted by molar-refractivity contribution is 1.19.